The maximum atomic E-state index is 3.99. The first-order valence-corrected chi connectivity index (χ1v) is 9.37. The molecule has 1 aromatic rings. The number of hydrogen-bond donors (Lipinski definition) is 1. The zero-order valence-corrected chi connectivity index (χ0v) is 13.8. The fourth-order valence-corrected chi connectivity index (χ4v) is 6.91. The van der Waals surface area contributed by atoms with Gasteiger partial charge in [-0.1, -0.05) is 0 Å². The Kier molecular flexibility index (Phi) is 3.28. The number of hydrogen-bond acceptors (Lipinski definition) is 2. The Morgan fingerprint density at radius 1 is 1.16 bits per heavy atom. The van der Waals surface area contributed by atoms with Gasteiger partial charge in [-0.25, -0.2) is 0 Å². The largest absolute Gasteiger partial charge is 0.306 e. The maximum absolute atomic E-state index is 3.99. The summed E-state index contributed by atoms with van der Waals surface area (Å²) >= 11 is 5.55. The number of halogens is 1. The molecular formula is C16H22BrNS. The minimum atomic E-state index is 0.497. The fourth-order valence-electron chi connectivity index (χ4n) is 5.18. The van der Waals surface area contributed by atoms with Crippen molar-refractivity contribution in [1.29, 1.82) is 0 Å². The Morgan fingerprint density at radius 2 is 1.79 bits per heavy atom. The summed E-state index contributed by atoms with van der Waals surface area (Å²) < 4.78 is 1.28. The minimum Gasteiger partial charge on any atom is -0.306 e. The first-order valence-electron chi connectivity index (χ1n) is 7.69. The van der Waals surface area contributed by atoms with Gasteiger partial charge in [-0.15, -0.1) is 11.3 Å². The van der Waals surface area contributed by atoms with Crippen LogP contribution in [0.25, 0.3) is 0 Å². The number of thiophene rings is 1. The van der Waals surface area contributed by atoms with Crippen LogP contribution in [0.15, 0.2) is 15.9 Å². The molecule has 4 aliphatic rings. The van der Waals surface area contributed by atoms with E-state index in [0.717, 1.165) is 29.7 Å². The van der Waals surface area contributed by atoms with E-state index in [9.17, 15) is 0 Å². The van der Waals surface area contributed by atoms with E-state index >= 15 is 0 Å². The van der Waals surface area contributed by atoms with Crippen LogP contribution < -0.4 is 5.32 Å². The van der Waals surface area contributed by atoms with Crippen LogP contribution in [0, 0.1) is 23.7 Å². The highest BCUT2D eigenvalue weighted by molar-refractivity contribution is 9.10. The molecule has 4 saturated carbocycles. The average Bonchev–Trinajstić information content (AvgIpc) is 2.79. The summed E-state index contributed by atoms with van der Waals surface area (Å²) in [5.74, 6) is 4.09. The molecular weight excluding hydrogens is 318 g/mol. The van der Waals surface area contributed by atoms with Crippen LogP contribution in [0.1, 0.15) is 49.9 Å². The van der Waals surface area contributed by atoms with Gasteiger partial charge >= 0.3 is 0 Å². The highest BCUT2D eigenvalue weighted by Gasteiger charge is 2.48. The Morgan fingerprint density at radius 3 is 2.32 bits per heavy atom. The van der Waals surface area contributed by atoms with E-state index in [-0.39, 0.29) is 0 Å². The van der Waals surface area contributed by atoms with E-state index in [1.54, 1.807) is 6.42 Å². The molecule has 4 aliphatic carbocycles. The van der Waals surface area contributed by atoms with Gasteiger partial charge in [-0.3, -0.25) is 0 Å². The van der Waals surface area contributed by atoms with Crippen molar-refractivity contribution in [1.82, 2.24) is 5.32 Å². The van der Waals surface area contributed by atoms with E-state index in [4.69, 9.17) is 0 Å². The van der Waals surface area contributed by atoms with Gasteiger partial charge in [-0.2, -0.15) is 0 Å². The lowest BCUT2D eigenvalue weighted by Crippen LogP contribution is -2.54. The van der Waals surface area contributed by atoms with E-state index in [1.165, 1.54) is 35.0 Å². The molecule has 0 aromatic carbocycles. The quantitative estimate of drug-likeness (QED) is 0.818. The van der Waals surface area contributed by atoms with Gasteiger partial charge in [0.2, 0.25) is 0 Å². The summed E-state index contributed by atoms with van der Waals surface area (Å²) in [4.78, 5) is 1.47. The van der Waals surface area contributed by atoms with Crippen molar-refractivity contribution >= 4 is 27.3 Å². The van der Waals surface area contributed by atoms with Crippen LogP contribution in [-0.2, 0) is 0 Å². The number of rotatable bonds is 3. The normalized spacial score (nSPS) is 41.7. The molecule has 104 valence electrons. The van der Waals surface area contributed by atoms with Gasteiger partial charge in [0.15, 0.2) is 0 Å². The third-order valence-electron chi connectivity index (χ3n) is 5.71. The van der Waals surface area contributed by atoms with Crippen molar-refractivity contribution in [3.63, 3.8) is 0 Å². The second-order valence-corrected chi connectivity index (χ2v) is 8.78. The van der Waals surface area contributed by atoms with Crippen molar-refractivity contribution in [2.24, 2.45) is 23.7 Å². The molecule has 0 aliphatic heterocycles. The van der Waals surface area contributed by atoms with Crippen LogP contribution >= 0.6 is 27.3 Å². The summed E-state index contributed by atoms with van der Waals surface area (Å²) in [6, 6.07) is 3.46. The van der Waals surface area contributed by atoms with Crippen LogP contribution in [0.5, 0.6) is 0 Å². The molecule has 1 nitrogen and oxygen atoms in total. The first kappa shape index (κ1) is 12.8. The van der Waals surface area contributed by atoms with Crippen LogP contribution in [0.2, 0.25) is 0 Å². The Labute approximate surface area is 128 Å². The lowest BCUT2D eigenvalue weighted by Gasteiger charge is -2.55. The van der Waals surface area contributed by atoms with E-state index in [1.807, 2.05) is 11.3 Å². The van der Waals surface area contributed by atoms with Crippen LogP contribution in [0.4, 0.5) is 0 Å². The molecule has 1 N–H and O–H groups in total. The SMILES string of the molecule is CC(NC1C2CC3CC(C2)CC1C3)c1sccc1Br. The summed E-state index contributed by atoms with van der Waals surface area (Å²) in [6.07, 6.45) is 7.56. The molecule has 0 spiro atoms. The Balaban J connectivity index is 1.50. The molecule has 0 saturated heterocycles. The predicted molar refractivity (Wildman–Crippen MR) is 84.4 cm³/mol. The summed E-state index contributed by atoms with van der Waals surface area (Å²) in [7, 11) is 0. The van der Waals surface area contributed by atoms with Gasteiger partial charge in [0.1, 0.15) is 0 Å². The zero-order valence-electron chi connectivity index (χ0n) is 11.4. The molecule has 3 heteroatoms. The molecule has 0 amide bonds. The second kappa shape index (κ2) is 4.85. The third kappa shape index (κ3) is 2.22. The zero-order chi connectivity index (χ0) is 13.0. The highest BCUT2D eigenvalue weighted by atomic mass is 79.9. The number of nitrogens with one attached hydrogen (secondary N) is 1. The summed E-state index contributed by atoms with van der Waals surface area (Å²) in [5, 5.41) is 6.17. The molecule has 5 rings (SSSR count). The Hall–Kier alpha value is 0.140. The van der Waals surface area contributed by atoms with Gasteiger partial charge < -0.3 is 5.32 Å². The van der Waals surface area contributed by atoms with Gasteiger partial charge in [-0.05, 0) is 90.1 Å². The fraction of sp³-hybridized carbons (Fsp3) is 0.750. The summed E-state index contributed by atoms with van der Waals surface area (Å²) in [6.45, 7) is 2.33. The summed E-state index contributed by atoms with van der Waals surface area (Å²) in [5.41, 5.74) is 0. The lowest BCUT2D eigenvalue weighted by molar-refractivity contribution is -0.0170. The average molecular weight is 340 g/mol. The van der Waals surface area contributed by atoms with Crippen molar-refractivity contribution in [3.8, 4) is 0 Å². The molecule has 1 aromatic heterocycles. The molecule has 1 unspecified atom stereocenters. The monoisotopic (exact) mass is 339 g/mol. The van der Waals surface area contributed by atoms with Crippen molar-refractivity contribution in [3.05, 3.63) is 20.8 Å². The van der Waals surface area contributed by atoms with Crippen molar-refractivity contribution in [2.45, 2.75) is 51.1 Å². The maximum Gasteiger partial charge on any atom is 0.0399 e. The van der Waals surface area contributed by atoms with E-state index in [0.29, 0.717) is 6.04 Å². The molecule has 1 atom stereocenters. The molecule has 4 bridgehead atoms. The van der Waals surface area contributed by atoms with Crippen molar-refractivity contribution < 1.29 is 0 Å². The van der Waals surface area contributed by atoms with E-state index in [2.05, 4.69) is 39.6 Å². The van der Waals surface area contributed by atoms with Gasteiger partial charge in [0.05, 0.1) is 0 Å². The molecule has 4 fully saturated rings. The molecule has 1 heterocycles. The minimum absolute atomic E-state index is 0.497. The smallest absolute Gasteiger partial charge is 0.0399 e. The molecule has 19 heavy (non-hydrogen) atoms. The van der Waals surface area contributed by atoms with Crippen molar-refractivity contribution in [2.75, 3.05) is 0 Å². The van der Waals surface area contributed by atoms with Crippen LogP contribution in [-0.4, -0.2) is 6.04 Å². The second-order valence-electron chi connectivity index (χ2n) is 6.98. The first-order chi connectivity index (χ1) is 9.20. The molecule has 0 radical (unpaired) electrons. The highest BCUT2D eigenvalue weighted by Crippen LogP contribution is 2.54. The van der Waals surface area contributed by atoms with Gasteiger partial charge in [0.25, 0.3) is 0 Å². The van der Waals surface area contributed by atoms with Crippen LogP contribution in [0.3, 0.4) is 0 Å². The Bertz CT molecular complexity index is 441. The van der Waals surface area contributed by atoms with Gasteiger partial charge in [0, 0.05) is 21.4 Å². The predicted octanol–water partition coefficient (Wildman–Crippen LogP) is 4.99. The standard InChI is InChI=1S/C16H22BrNS/c1-9(16-14(17)2-3-19-16)18-15-12-5-10-4-11(7-12)8-13(15)6-10/h2-3,9-13,15,18H,4-8H2,1H3. The third-order valence-corrected chi connectivity index (χ3v) is 7.76. The lowest BCUT2D eigenvalue weighted by atomic mass is 9.54. The van der Waals surface area contributed by atoms with E-state index < -0.39 is 0 Å². The topological polar surface area (TPSA) is 12.0 Å².